The maximum absolute atomic E-state index is 13.5. The summed E-state index contributed by atoms with van der Waals surface area (Å²) in [5, 5.41) is 0. The van der Waals surface area contributed by atoms with Crippen molar-refractivity contribution in [2.24, 2.45) is 5.92 Å². The summed E-state index contributed by atoms with van der Waals surface area (Å²) < 4.78 is 19.3. The molecule has 4 heteroatoms. The van der Waals surface area contributed by atoms with E-state index in [2.05, 4.69) is 0 Å². The van der Waals surface area contributed by atoms with Crippen LogP contribution in [0.2, 0.25) is 0 Å². The Morgan fingerprint density at radius 1 is 1.30 bits per heavy atom. The van der Waals surface area contributed by atoms with Gasteiger partial charge in [0.2, 0.25) is 5.91 Å². The normalized spacial score (nSPS) is 22.9. The van der Waals surface area contributed by atoms with Crippen molar-refractivity contribution in [2.45, 2.75) is 38.4 Å². The van der Waals surface area contributed by atoms with Crippen molar-refractivity contribution >= 4 is 5.91 Å². The van der Waals surface area contributed by atoms with E-state index in [0.717, 1.165) is 32.2 Å². The standard InChI is InChI=1S/C16H20FNO2/c17-15-6-2-1-4-13(15)11-20-14-5-3-9-18(10-14)16(19)12-7-8-12/h1-2,4,6,12,14H,3,5,7-11H2. The largest absolute Gasteiger partial charge is 0.372 e. The molecule has 0 bridgehead atoms. The second-order valence-electron chi connectivity index (χ2n) is 5.73. The molecule has 3 nitrogen and oxygen atoms in total. The molecule has 1 amide bonds. The van der Waals surface area contributed by atoms with E-state index in [-0.39, 0.29) is 30.4 Å². The molecule has 2 aliphatic rings. The third-order valence-corrected chi connectivity index (χ3v) is 4.05. The minimum atomic E-state index is -0.228. The Bertz CT molecular complexity index is 487. The summed E-state index contributed by atoms with van der Waals surface area (Å²) in [5.74, 6) is 0.318. The fraction of sp³-hybridized carbons (Fsp3) is 0.562. The zero-order valence-electron chi connectivity index (χ0n) is 11.6. The zero-order valence-corrected chi connectivity index (χ0v) is 11.6. The molecule has 3 rings (SSSR count). The van der Waals surface area contributed by atoms with Crippen molar-refractivity contribution in [3.8, 4) is 0 Å². The van der Waals surface area contributed by atoms with Gasteiger partial charge in [-0.3, -0.25) is 4.79 Å². The van der Waals surface area contributed by atoms with Crippen molar-refractivity contribution < 1.29 is 13.9 Å². The van der Waals surface area contributed by atoms with E-state index in [1.165, 1.54) is 6.07 Å². The number of amides is 1. The van der Waals surface area contributed by atoms with Gasteiger partial charge in [-0.25, -0.2) is 4.39 Å². The van der Waals surface area contributed by atoms with Crippen molar-refractivity contribution in [3.05, 3.63) is 35.6 Å². The zero-order chi connectivity index (χ0) is 13.9. The predicted molar refractivity (Wildman–Crippen MR) is 73.5 cm³/mol. The predicted octanol–water partition coefficient (Wildman–Crippen LogP) is 2.74. The highest BCUT2D eigenvalue weighted by Gasteiger charge is 2.35. The Hall–Kier alpha value is -1.42. The maximum Gasteiger partial charge on any atom is 0.225 e. The van der Waals surface area contributed by atoms with Gasteiger partial charge in [-0.15, -0.1) is 0 Å². The van der Waals surface area contributed by atoms with E-state index >= 15 is 0 Å². The lowest BCUT2D eigenvalue weighted by Crippen LogP contribution is -2.43. The molecule has 20 heavy (non-hydrogen) atoms. The number of piperidine rings is 1. The van der Waals surface area contributed by atoms with E-state index in [1.807, 2.05) is 11.0 Å². The van der Waals surface area contributed by atoms with Crippen LogP contribution in [-0.2, 0) is 16.1 Å². The molecular weight excluding hydrogens is 257 g/mol. The summed E-state index contributed by atoms with van der Waals surface area (Å²) in [6.45, 7) is 1.78. The number of ether oxygens (including phenoxy) is 1. The molecule has 0 N–H and O–H groups in total. The summed E-state index contributed by atoms with van der Waals surface area (Å²) in [6, 6.07) is 6.68. The van der Waals surface area contributed by atoms with Crippen LogP contribution in [0.15, 0.2) is 24.3 Å². The number of rotatable bonds is 4. The van der Waals surface area contributed by atoms with Crippen LogP contribution in [0.5, 0.6) is 0 Å². The summed E-state index contributed by atoms with van der Waals surface area (Å²) >= 11 is 0. The van der Waals surface area contributed by atoms with Crippen LogP contribution in [0, 0.1) is 11.7 Å². The van der Waals surface area contributed by atoms with E-state index in [1.54, 1.807) is 12.1 Å². The first kappa shape index (κ1) is 13.6. The number of hydrogen-bond acceptors (Lipinski definition) is 2. The summed E-state index contributed by atoms with van der Waals surface area (Å²) in [5.41, 5.74) is 0.582. The van der Waals surface area contributed by atoms with Crippen LogP contribution in [0.1, 0.15) is 31.2 Å². The van der Waals surface area contributed by atoms with Gasteiger partial charge in [-0.2, -0.15) is 0 Å². The van der Waals surface area contributed by atoms with Gasteiger partial charge in [0.15, 0.2) is 0 Å². The fourth-order valence-electron chi connectivity index (χ4n) is 2.69. The molecule has 1 aromatic carbocycles. The molecule has 1 unspecified atom stereocenters. The Morgan fingerprint density at radius 2 is 2.10 bits per heavy atom. The van der Waals surface area contributed by atoms with Gasteiger partial charge in [0, 0.05) is 24.6 Å². The van der Waals surface area contributed by atoms with Crippen LogP contribution in [-0.4, -0.2) is 30.0 Å². The van der Waals surface area contributed by atoms with Crippen LogP contribution < -0.4 is 0 Å². The highest BCUT2D eigenvalue weighted by atomic mass is 19.1. The van der Waals surface area contributed by atoms with Gasteiger partial charge < -0.3 is 9.64 Å². The van der Waals surface area contributed by atoms with Gasteiger partial charge >= 0.3 is 0 Å². The quantitative estimate of drug-likeness (QED) is 0.847. The Kier molecular flexibility index (Phi) is 4.01. The first-order chi connectivity index (χ1) is 9.74. The second-order valence-corrected chi connectivity index (χ2v) is 5.73. The van der Waals surface area contributed by atoms with Gasteiger partial charge in [-0.05, 0) is 31.7 Å². The Balaban J connectivity index is 1.52. The molecule has 0 radical (unpaired) electrons. The third-order valence-electron chi connectivity index (χ3n) is 4.05. The number of carbonyl (C=O) groups excluding carboxylic acids is 1. The first-order valence-corrected chi connectivity index (χ1v) is 7.38. The molecule has 1 aliphatic heterocycles. The van der Waals surface area contributed by atoms with E-state index < -0.39 is 0 Å². The van der Waals surface area contributed by atoms with E-state index in [9.17, 15) is 9.18 Å². The topological polar surface area (TPSA) is 29.5 Å². The van der Waals surface area contributed by atoms with Crippen LogP contribution >= 0.6 is 0 Å². The fourth-order valence-corrected chi connectivity index (χ4v) is 2.69. The number of nitrogens with zero attached hydrogens (tertiary/aromatic N) is 1. The van der Waals surface area contributed by atoms with Gasteiger partial charge in [-0.1, -0.05) is 18.2 Å². The highest BCUT2D eigenvalue weighted by Crippen LogP contribution is 2.32. The van der Waals surface area contributed by atoms with Crippen LogP contribution in [0.25, 0.3) is 0 Å². The molecule has 1 atom stereocenters. The van der Waals surface area contributed by atoms with Crippen molar-refractivity contribution in [3.63, 3.8) is 0 Å². The van der Waals surface area contributed by atoms with Crippen LogP contribution in [0.4, 0.5) is 4.39 Å². The second kappa shape index (κ2) is 5.92. The Labute approximate surface area is 118 Å². The lowest BCUT2D eigenvalue weighted by atomic mass is 10.1. The lowest BCUT2D eigenvalue weighted by Gasteiger charge is -2.32. The number of likely N-dealkylation sites (tertiary alicyclic amines) is 1. The number of hydrogen-bond donors (Lipinski definition) is 0. The molecule has 1 saturated carbocycles. The third kappa shape index (κ3) is 3.18. The average Bonchev–Trinajstić information content (AvgIpc) is 3.31. The smallest absolute Gasteiger partial charge is 0.225 e. The van der Waals surface area contributed by atoms with Gasteiger partial charge in [0.25, 0.3) is 0 Å². The van der Waals surface area contributed by atoms with Crippen molar-refractivity contribution in [1.29, 1.82) is 0 Å². The van der Waals surface area contributed by atoms with E-state index in [0.29, 0.717) is 12.1 Å². The SMILES string of the molecule is O=C(C1CC1)N1CCCC(OCc2ccccc2F)C1. The monoisotopic (exact) mass is 277 g/mol. The lowest BCUT2D eigenvalue weighted by molar-refractivity contribution is -0.137. The Morgan fingerprint density at radius 3 is 2.85 bits per heavy atom. The molecule has 0 spiro atoms. The average molecular weight is 277 g/mol. The molecule has 2 fully saturated rings. The minimum absolute atomic E-state index is 0.0334. The summed E-state index contributed by atoms with van der Waals surface area (Å²) in [6.07, 6.45) is 4.03. The minimum Gasteiger partial charge on any atom is -0.372 e. The van der Waals surface area contributed by atoms with E-state index in [4.69, 9.17) is 4.74 Å². The maximum atomic E-state index is 13.5. The van der Waals surface area contributed by atoms with Crippen LogP contribution in [0.3, 0.4) is 0 Å². The number of halogens is 1. The number of benzene rings is 1. The molecule has 0 aromatic heterocycles. The van der Waals surface area contributed by atoms with Crippen molar-refractivity contribution in [2.75, 3.05) is 13.1 Å². The van der Waals surface area contributed by atoms with Crippen molar-refractivity contribution in [1.82, 2.24) is 4.90 Å². The molecule has 108 valence electrons. The first-order valence-electron chi connectivity index (χ1n) is 7.38. The molecular formula is C16H20FNO2. The summed E-state index contributed by atoms with van der Waals surface area (Å²) in [7, 11) is 0. The molecule has 1 aromatic rings. The molecule has 1 saturated heterocycles. The highest BCUT2D eigenvalue weighted by molar-refractivity contribution is 5.81. The summed E-state index contributed by atoms with van der Waals surface area (Å²) in [4.78, 5) is 14.0. The number of carbonyl (C=O) groups is 1. The van der Waals surface area contributed by atoms with Gasteiger partial charge in [0.05, 0.1) is 12.7 Å². The van der Waals surface area contributed by atoms with Gasteiger partial charge in [0.1, 0.15) is 5.82 Å². The molecule has 1 heterocycles. The molecule has 1 aliphatic carbocycles.